The summed E-state index contributed by atoms with van der Waals surface area (Å²) in [5.41, 5.74) is 4.36. The molecule has 35 heavy (non-hydrogen) atoms. The lowest BCUT2D eigenvalue weighted by Gasteiger charge is -2.26. The summed E-state index contributed by atoms with van der Waals surface area (Å²) < 4.78 is 5.59. The maximum Gasteiger partial charge on any atom is 0.408 e. The summed E-state index contributed by atoms with van der Waals surface area (Å²) >= 11 is 1.27. The van der Waals surface area contributed by atoms with Crippen LogP contribution >= 0.6 is 11.3 Å². The van der Waals surface area contributed by atoms with Gasteiger partial charge in [-0.25, -0.2) is 9.59 Å². The van der Waals surface area contributed by atoms with Crippen LogP contribution in [0, 0.1) is 0 Å². The topological polar surface area (TPSA) is 116 Å². The summed E-state index contributed by atoms with van der Waals surface area (Å²) in [4.78, 5) is 39.5. The van der Waals surface area contributed by atoms with E-state index in [2.05, 4.69) is 5.32 Å². The molecule has 1 aliphatic carbocycles. The van der Waals surface area contributed by atoms with Crippen molar-refractivity contribution in [1.82, 2.24) is 10.2 Å². The lowest BCUT2D eigenvalue weighted by Crippen LogP contribution is -2.47. The molecule has 0 radical (unpaired) electrons. The molecule has 2 aliphatic rings. The SMILES string of the molecule is O=C(NC(C(=O)N1CC(O)CC1C(=O)O)c1cccs1)OCC1c2ccccc2-c2ccccc21. The molecule has 1 aromatic heterocycles. The van der Waals surface area contributed by atoms with Crippen LogP contribution in [0.25, 0.3) is 11.1 Å². The molecular formula is C26H24N2O6S. The van der Waals surface area contributed by atoms with Gasteiger partial charge in [-0.15, -0.1) is 11.3 Å². The van der Waals surface area contributed by atoms with Gasteiger partial charge >= 0.3 is 12.1 Å². The van der Waals surface area contributed by atoms with Crippen molar-refractivity contribution in [3.8, 4) is 11.1 Å². The van der Waals surface area contributed by atoms with Crippen LogP contribution in [0.1, 0.15) is 34.4 Å². The third-order valence-corrected chi connectivity index (χ3v) is 7.46. The van der Waals surface area contributed by atoms with Crippen LogP contribution in [-0.2, 0) is 14.3 Å². The number of nitrogens with one attached hydrogen (secondary N) is 1. The Morgan fingerprint density at radius 2 is 1.69 bits per heavy atom. The predicted octanol–water partition coefficient (Wildman–Crippen LogP) is 3.37. The number of likely N-dealkylation sites (tertiary alicyclic amines) is 1. The highest BCUT2D eigenvalue weighted by atomic mass is 32.1. The minimum absolute atomic E-state index is 0.0524. The molecule has 3 N–H and O–H groups in total. The normalized spacial score (nSPS) is 19.6. The number of nitrogens with zero attached hydrogens (tertiary/aromatic N) is 1. The summed E-state index contributed by atoms with van der Waals surface area (Å²) in [5.74, 6) is -1.92. The van der Waals surface area contributed by atoms with Gasteiger partial charge in [0.15, 0.2) is 0 Å². The molecule has 1 aliphatic heterocycles. The molecule has 3 atom stereocenters. The first-order chi connectivity index (χ1) is 16.9. The second-order valence-corrected chi connectivity index (χ2v) is 9.63. The smallest absolute Gasteiger partial charge is 0.408 e. The Morgan fingerprint density at radius 3 is 2.29 bits per heavy atom. The van der Waals surface area contributed by atoms with Crippen LogP contribution in [0.3, 0.4) is 0 Å². The van der Waals surface area contributed by atoms with Gasteiger partial charge in [-0.1, -0.05) is 54.6 Å². The van der Waals surface area contributed by atoms with Crippen molar-refractivity contribution in [3.63, 3.8) is 0 Å². The highest BCUT2D eigenvalue weighted by molar-refractivity contribution is 7.10. The van der Waals surface area contributed by atoms with Crippen LogP contribution in [0.2, 0.25) is 0 Å². The molecule has 1 fully saturated rings. The largest absolute Gasteiger partial charge is 0.480 e. The lowest BCUT2D eigenvalue weighted by atomic mass is 9.98. The number of carboxylic acids is 1. The van der Waals surface area contributed by atoms with E-state index in [9.17, 15) is 24.6 Å². The summed E-state index contributed by atoms with van der Waals surface area (Å²) in [5, 5.41) is 23.8. The molecule has 0 spiro atoms. The Hall–Kier alpha value is -3.69. The fraction of sp³-hybridized carbons (Fsp3) is 0.269. The molecule has 2 amide bonds. The fourth-order valence-electron chi connectivity index (χ4n) is 4.93. The molecule has 0 bridgehead atoms. The quantitative estimate of drug-likeness (QED) is 0.486. The lowest BCUT2D eigenvalue weighted by molar-refractivity contribution is -0.149. The average molecular weight is 493 g/mol. The van der Waals surface area contributed by atoms with Gasteiger partial charge in [-0.2, -0.15) is 0 Å². The van der Waals surface area contributed by atoms with E-state index < -0.39 is 36.2 Å². The first kappa shape index (κ1) is 23.1. The van der Waals surface area contributed by atoms with Crippen molar-refractivity contribution in [2.45, 2.75) is 30.5 Å². The number of aliphatic hydroxyl groups excluding tert-OH is 1. The van der Waals surface area contributed by atoms with Crippen molar-refractivity contribution < 1.29 is 29.3 Å². The van der Waals surface area contributed by atoms with E-state index in [4.69, 9.17) is 4.74 Å². The van der Waals surface area contributed by atoms with Crippen molar-refractivity contribution >= 4 is 29.3 Å². The van der Waals surface area contributed by atoms with E-state index in [1.54, 1.807) is 17.5 Å². The number of rotatable bonds is 6. The standard InChI is InChI=1S/C26H24N2O6S/c29-15-12-21(25(31)32)28(13-15)24(30)23(22-10-5-11-35-22)27-26(33)34-14-20-18-8-3-1-6-16(18)17-7-2-4-9-19(17)20/h1-11,15,20-21,23,29H,12-14H2,(H,27,33)(H,31,32). The average Bonchev–Trinajstić information content (AvgIpc) is 3.59. The monoisotopic (exact) mass is 492 g/mol. The molecule has 0 saturated carbocycles. The number of thiophene rings is 1. The summed E-state index contributed by atoms with van der Waals surface area (Å²) in [6.07, 6.45) is -1.76. The fourth-order valence-corrected chi connectivity index (χ4v) is 5.69. The zero-order chi connectivity index (χ0) is 24.5. The highest BCUT2D eigenvalue weighted by Gasteiger charge is 2.42. The first-order valence-corrected chi connectivity index (χ1v) is 12.2. The van der Waals surface area contributed by atoms with Crippen molar-refractivity contribution in [2.75, 3.05) is 13.2 Å². The number of aliphatic hydroxyl groups is 1. The molecule has 180 valence electrons. The van der Waals surface area contributed by atoms with Gasteiger partial charge in [0.2, 0.25) is 0 Å². The Morgan fingerprint density at radius 1 is 1.03 bits per heavy atom. The molecule has 1 saturated heterocycles. The highest BCUT2D eigenvalue weighted by Crippen LogP contribution is 2.44. The molecular weight excluding hydrogens is 468 g/mol. The number of β-amino-alcohol motifs (C(OH)–C–C–N with tert-alkyl or cyclic N) is 1. The number of fused-ring (bicyclic) bond motifs is 3. The van der Waals surface area contributed by atoms with E-state index >= 15 is 0 Å². The van der Waals surface area contributed by atoms with E-state index in [0.717, 1.165) is 27.2 Å². The number of carbonyl (C=O) groups excluding carboxylic acids is 2. The zero-order valence-corrected chi connectivity index (χ0v) is 19.5. The predicted molar refractivity (Wildman–Crippen MR) is 129 cm³/mol. The van der Waals surface area contributed by atoms with E-state index in [1.807, 2.05) is 48.5 Å². The molecule has 5 rings (SSSR count). The Bertz CT molecular complexity index is 1210. The van der Waals surface area contributed by atoms with Gasteiger partial charge in [0.1, 0.15) is 18.7 Å². The maximum atomic E-state index is 13.3. The molecule has 2 heterocycles. The Balaban J connectivity index is 1.32. The zero-order valence-electron chi connectivity index (χ0n) is 18.7. The Labute approximate surface area is 205 Å². The second kappa shape index (κ2) is 9.52. The maximum absolute atomic E-state index is 13.3. The summed E-state index contributed by atoms with van der Waals surface area (Å²) in [6, 6.07) is 17.2. The van der Waals surface area contributed by atoms with Gasteiger partial charge < -0.3 is 25.2 Å². The van der Waals surface area contributed by atoms with Crippen molar-refractivity contribution in [3.05, 3.63) is 82.0 Å². The minimum Gasteiger partial charge on any atom is -0.480 e. The number of aliphatic carboxylic acids is 1. The summed E-state index contributed by atoms with van der Waals surface area (Å²) in [6.45, 7) is -0.0184. The van der Waals surface area contributed by atoms with Crippen LogP contribution in [0.5, 0.6) is 0 Å². The van der Waals surface area contributed by atoms with Crippen LogP contribution < -0.4 is 5.32 Å². The first-order valence-electron chi connectivity index (χ1n) is 11.3. The van der Waals surface area contributed by atoms with Crippen molar-refractivity contribution in [1.29, 1.82) is 0 Å². The number of alkyl carbamates (subject to hydrolysis) is 1. The number of hydrogen-bond acceptors (Lipinski definition) is 6. The summed E-state index contributed by atoms with van der Waals surface area (Å²) in [7, 11) is 0. The molecule has 9 heteroatoms. The number of benzene rings is 2. The van der Waals surface area contributed by atoms with Crippen LogP contribution in [0.15, 0.2) is 66.0 Å². The number of amides is 2. The number of hydrogen-bond donors (Lipinski definition) is 3. The molecule has 3 unspecified atom stereocenters. The van der Waals surface area contributed by atoms with Crippen LogP contribution in [-0.4, -0.2) is 58.4 Å². The number of ether oxygens (including phenoxy) is 1. The van der Waals surface area contributed by atoms with E-state index in [1.165, 1.54) is 11.3 Å². The second-order valence-electron chi connectivity index (χ2n) is 8.65. The molecule has 8 nitrogen and oxygen atoms in total. The van der Waals surface area contributed by atoms with Gasteiger partial charge in [0.25, 0.3) is 5.91 Å². The van der Waals surface area contributed by atoms with Gasteiger partial charge in [0.05, 0.1) is 6.10 Å². The van der Waals surface area contributed by atoms with E-state index in [0.29, 0.717) is 4.88 Å². The van der Waals surface area contributed by atoms with Crippen LogP contribution in [0.4, 0.5) is 4.79 Å². The molecule has 2 aromatic carbocycles. The number of carbonyl (C=O) groups is 3. The van der Waals surface area contributed by atoms with E-state index in [-0.39, 0.29) is 25.5 Å². The van der Waals surface area contributed by atoms with Gasteiger partial charge in [-0.05, 0) is 33.7 Å². The van der Waals surface area contributed by atoms with Crippen molar-refractivity contribution in [2.24, 2.45) is 0 Å². The Kier molecular flexibility index (Phi) is 6.27. The minimum atomic E-state index is -1.19. The third-order valence-electron chi connectivity index (χ3n) is 6.53. The van der Waals surface area contributed by atoms with Gasteiger partial charge in [-0.3, -0.25) is 4.79 Å². The third kappa shape index (κ3) is 4.40. The molecule has 3 aromatic rings. The van der Waals surface area contributed by atoms with Gasteiger partial charge in [0, 0.05) is 23.8 Å². The number of carboxylic acid groups (broad SMARTS) is 1.